The molecule has 0 amide bonds. The van der Waals surface area contributed by atoms with Crippen molar-refractivity contribution < 1.29 is 13.2 Å². The van der Waals surface area contributed by atoms with Crippen LogP contribution < -0.4 is 4.74 Å². The fourth-order valence-electron chi connectivity index (χ4n) is 2.08. The molecule has 19 heavy (non-hydrogen) atoms. The first-order chi connectivity index (χ1) is 8.97. The highest BCUT2D eigenvalue weighted by molar-refractivity contribution is 8.13. The van der Waals surface area contributed by atoms with E-state index in [0.29, 0.717) is 11.6 Å². The lowest BCUT2D eigenvalue weighted by molar-refractivity contribution is 0.234. The van der Waals surface area contributed by atoms with Crippen LogP contribution in [-0.4, -0.2) is 39.6 Å². The van der Waals surface area contributed by atoms with E-state index in [9.17, 15) is 8.42 Å². The Bertz CT molecular complexity index is 542. The minimum atomic E-state index is -3.86. The van der Waals surface area contributed by atoms with E-state index in [1.54, 1.807) is 6.07 Å². The number of nitrogens with zero attached hydrogens (tertiary/aromatic N) is 1. The summed E-state index contributed by atoms with van der Waals surface area (Å²) in [6.07, 6.45) is 2.42. The lowest BCUT2D eigenvalue weighted by Crippen LogP contribution is -2.25. The quantitative estimate of drug-likeness (QED) is 0.782. The van der Waals surface area contributed by atoms with Gasteiger partial charge < -0.3 is 4.74 Å². The monoisotopic (exact) mass is 323 g/mol. The van der Waals surface area contributed by atoms with Gasteiger partial charge in [0.15, 0.2) is 0 Å². The van der Waals surface area contributed by atoms with Crippen molar-refractivity contribution in [1.29, 1.82) is 0 Å². The third-order valence-corrected chi connectivity index (χ3v) is 4.61. The molecule has 1 aliphatic rings. The van der Waals surface area contributed by atoms with Gasteiger partial charge >= 0.3 is 0 Å². The SMILES string of the molecule is O=S(=O)(Cl)c1cc(Cl)ccc1OCCN1CCCC1. The van der Waals surface area contributed by atoms with Gasteiger partial charge in [-0.2, -0.15) is 0 Å². The van der Waals surface area contributed by atoms with E-state index in [4.69, 9.17) is 27.0 Å². The summed E-state index contributed by atoms with van der Waals surface area (Å²) in [5, 5.41) is 0.311. The van der Waals surface area contributed by atoms with Crippen LogP contribution in [0.3, 0.4) is 0 Å². The van der Waals surface area contributed by atoms with E-state index < -0.39 is 9.05 Å². The van der Waals surface area contributed by atoms with Crippen LogP contribution in [0.5, 0.6) is 5.75 Å². The number of halogens is 2. The van der Waals surface area contributed by atoms with E-state index >= 15 is 0 Å². The largest absolute Gasteiger partial charge is 0.491 e. The first-order valence-corrected chi connectivity index (χ1v) is 8.75. The molecular weight excluding hydrogens is 309 g/mol. The van der Waals surface area contributed by atoms with Crippen LogP contribution in [0.2, 0.25) is 5.02 Å². The molecule has 1 saturated heterocycles. The summed E-state index contributed by atoms with van der Waals surface area (Å²) in [7, 11) is 1.51. The number of likely N-dealkylation sites (tertiary alicyclic amines) is 1. The molecule has 106 valence electrons. The third kappa shape index (κ3) is 4.24. The maximum Gasteiger partial charge on any atom is 0.265 e. The van der Waals surface area contributed by atoms with Crippen molar-refractivity contribution in [3.63, 3.8) is 0 Å². The van der Waals surface area contributed by atoms with Crippen molar-refractivity contribution >= 4 is 31.3 Å². The summed E-state index contributed by atoms with van der Waals surface area (Å²) in [5.74, 6) is 0.249. The smallest absolute Gasteiger partial charge is 0.265 e. The number of hydrogen-bond acceptors (Lipinski definition) is 4. The van der Waals surface area contributed by atoms with E-state index in [2.05, 4.69) is 4.90 Å². The molecule has 0 radical (unpaired) electrons. The fourth-order valence-corrected chi connectivity index (χ4v) is 3.32. The van der Waals surface area contributed by atoms with Crippen LogP contribution in [0.4, 0.5) is 0 Å². The minimum Gasteiger partial charge on any atom is -0.491 e. The number of hydrogen-bond donors (Lipinski definition) is 0. The molecule has 4 nitrogen and oxygen atoms in total. The first-order valence-electron chi connectivity index (χ1n) is 6.06. The molecule has 0 bridgehead atoms. The molecule has 0 aliphatic carbocycles. The van der Waals surface area contributed by atoms with Crippen molar-refractivity contribution in [2.24, 2.45) is 0 Å². The summed E-state index contributed by atoms with van der Waals surface area (Å²) in [5.41, 5.74) is 0. The molecule has 1 heterocycles. The Morgan fingerprint density at radius 1 is 1.26 bits per heavy atom. The maximum absolute atomic E-state index is 11.4. The second-order valence-corrected chi connectivity index (χ2v) is 7.40. The van der Waals surface area contributed by atoms with E-state index in [-0.39, 0.29) is 10.6 Å². The van der Waals surface area contributed by atoms with E-state index in [1.165, 1.54) is 25.0 Å². The van der Waals surface area contributed by atoms with Crippen molar-refractivity contribution in [3.8, 4) is 5.75 Å². The van der Waals surface area contributed by atoms with Crippen LogP contribution in [0, 0.1) is 0 Å². The number of rotatable bonds is 5. The second-order valence-electron chi connectivity index (χ2n) is 4.43. The van der Waals surface area contributed by atoms with E-state index in [0.717, 1.165) is 19.6 Å². The Morgan fingerprint density at radius 3 is 2.58 bits per heavy atom. The molecule has 2 rings (SSSR count). The highest BCUT2D eigenvalue weighted by atomic mass is 35.7. The highest BCUT2D eigenvalue weighted by Gasteiger charge is 2.18. The van der Waals surface area contributed by atoms with Crippen LogP contribution in [-0.2, 0) is 9.05 Å². The normalized spacial score (nSPS) is 16.7. The first kappa shape index (κ1) is 14.9. The van der Waals surface area contributed by atoms with Gasteiger partial charge in [0, 0.05) is 22.2 Å². The standard InChI is InChI=1S/C12H15Cl2NO3S/c13-10-3-4-11(12(9-10)19(14,16)17)18-8-7-15-5-1-2-6-15/h3-4,9H,1-2,5-8H2. The minimum absolute atomic E-state index is 0.0805. The average Bonchev–Trinajstić information content (AvgIpc) is 2.83. The van der Waals surface area contributed by atoms with Gasteiger partial charge in [-0.3, -0.25) is 4.90 Å². The molecule has 0 N–H and O–H groups in total. The average molecular weight is 324 g/mol. The summed E-state index contributed by atoms with van der Waals surface area (Å²) in [6.45, 7) is 3.36. The zero-order valence-electron chi connectivity index (χ0n) is 10.3. The molecule has 7 heteroatoms. The Kier molecular flexibility index (Phi) is 4.95. The molecule has 0 atom stereocenters. The molecule has 0 saturated carbocycles. The van der Waals surface area contributed by atoms with Gasteiger partial charge in [-0.15, -0.1) is 0 Å². The molecule has 1 fully saturated rings. The van der Waals surface area contributed by atoms with Gasteiger partial charge in [0.2, 0.25) is 0 Å². The van der Waals surface area contributed by atoms with Crippen LogP contribution in [0.15, 0.2) is 23.1 Å². The second kappa shape index (κ2) is 6.31. The Balaban J connectivity index is 2.03. The topological polar surface area (TPSA) is 46.6 Å². The van der Waals surface area contributed by atoms with Gasteiger partial charge in [-0.05, 0) is 44.1 Å². The lowest BCUT2D eigenvalue weighted by atomic mass is 10.3. The predicted octanol–water partition coefficient (Wildman–Crippen LogP) is 2.74. The van der Waals surface area contributed by atoms with Crippen LogP contribution >= 0.6 is 22.3 Å². The Morgan fingerprint density at radius 2 is 1.95 bits per heavy atom. The third-order valence-electron chi connectivity index (χ3n) is 3.03. The van der Waals surface area contributed by atoms with Crippen molar-refractivity contribution in [1.82, 2.24) is 4.90 Å². The fraction of sp³-hybridized carbons (Fsp3) is 0.500. The zero-order chi connectivity index (χ0) is 13.9. The molecule has 0 unspecified atom stereocenters. The zero-order valence-corrected chi connectivity index (χ0v) is 12.6. The molecular formula is C12H15Cl2NO3S. The summed E-state index contributed by atoms with van der Waals surface area (Å²) < 4.78 is 28.4. The summed E-state index contributed by atoms with van der Waals surface area (Å²) >= 11 is 5.77. The van der Waals surface area contributed by atoms with E-state index in [1.807, 2.05) is 0 Å². The number of ether oxygens (including phenoxy) is 1. The van der Waals surface area contributed by atoms with Crippen LogP contribution in [0.25, 0.3) is 0 Å². The molecule has 1 aromatic rings. The van der Waals surface area contributed by atoms with Crippen molar-refractivity contribution in [2.45, 2.75) is 17.7 Å². The maximum atomic E-state index is 11.4. The lowest BCUT2D eigenvalue weighted by Gasteiger charge is -2.16. The van der Waals surface area contributed by atoms with Gasteiger partial charge in [0.25, 0.3) is 9.05 Å². The molecule has 1 aromatic carbocycles. The Hall–Kier alpha value is -0.490. The van der Waals surface area contributed by atoms with Crippen molar-refractivity contribution in [3.05, 3.63) is 23.2 Å². The summed E-state index contributed by atoms with van der Waals surface area (Å²) in [6, 6.07) is 4.41. The van der Waals surface area contributed by atoms with Gasteiger partial charge in [0.1, 0.15) is 17.3 Å². The molecule has 1 aliphatic heterocycles. The van der Waals surface area contributed by atoms with Gasteiger partial charge in [0.05, 0.1) is 0 Å². The summed E-state index contributed by atoms with van der Waals surface area (Å²) in [4.78, 5) is 2.20. The molecule has 0 spiro atoms. The van der Waals surface area contributed by atoms with Crippen molar-refractivity contribution in [2.75, 3.05) is 26.2 Å². The van der Waals surface area contributed by atoms with Gasteiger partial charge in [-0.1, -0.05) is 11.6 Å². The number of benzene rings is 1. The van der Waals surface area contributed by atoms with Gasteiger partial charge in [-0.25, -0.2) is 8.42 Å². The predicted molar refractivity (Wildman–Crippen MR) is 75.7 cm³/mol. The van der Waals surface area contributed by atoms with Crippen LogP contribution in [0.1, 0.15) is 12.8 Å². The Labute approximate surface area is 122 Å². The highest BCUT2D eigenvalue weighted by Crippen LogP contribution is 2.29. The molecule has 0 aromatic heterocycles.